The summed E-state index contributed by atoms with van der Waals surface area (Å²) in [5, 5.41) is 2.87. The van der Waals surface area contributed by atoms with Gasteiger partial charge in [0.15, 0.2) is 5.65 Å². The van der Waals surface area contributed by atoms with Gasteiger partial charge in [-0.05, 0) is 31.6 Å². The van der Waals surface area contributed by atoms with Crippen LogP contribution in [0, 0.1) is 11.8 Å². The number of carbonyl (C=O) groups is 1. The molecule has 3 aliphatic rings. The van der Waals surface area contributed by atoms with Gasteiger partial charge in [-0.1, -0.05) is 6.92 Å². The second-order valence-corrected chi connectivity index (χ2v) is 11.2. The Labute approximate surface area is 187 Å². The molecule has 5 heterocycles. The highest BCUT2D eigenvalue weighted by Crippen LogP contribution is 2.27. The predicted molar refractivity (Wildman–Crippen MR) is 118 cm³/mol. The Morgan fingerprint density at radius 1 is 1.06 bits per heavy atom. The van der Waals surface area contributed by atoms with Crippen molar-refractivity contribution in [3.05, 3.63) is 33.9 Å². The Balaban J connectivity index is 1.23. The number of aromatic amines is 1. The molecule has 0 unspecified atom stereocenters. The first-order valence-electron chi connectivity index (χ1n) is 11.5. The van der Waals surface area contributed by atoms with Crippen LogP contribution < -0.4 is 5.56 Å². The topological polar surface area (TPSA) is 111 Å². The lowest BCUT2D eigenvalue weighted by atomic mass is 9.95. The number of fused-ring (bicyclic) bond motifs is 2. The van der Waals surface area contributed by atoms with E-state index in [-0.39, 0.29) is 23.9 Å². The highest BCUT2D eigenvalue weighted by Gasteiger charge is 2.37. The van der Waals surface area contributed by atoms with E-state index in [4.69, 9.17) is 0 Å². The molecule has 2 aromatic rings. The lowest BCUT2D eigenvalue weighted by Crippen LogP contribution is -2.51. The molecule has 11 heteroatoms. The van der Waals surface area contributed by atoms with Gasteiger partial charge in [-0.2, -0.15) is 17.0 Å². The molecule has 0 radical (unpaired) electrons. The highest BCUT2D eigenvalue weighted by atomic mass is 32.2. The van der Waals surface area contributed by atoms with E-state index in [0.29, 0.717) is 69.1 Å². The average molecular weight is 463 g/mol. The molecule has 2 fully saturated rings. The van der Waals surface area contributed by atoms with Crippen molar-refractivity contribution in [1.29, 1.82) is 0 Å². The minimum atomic E-state index is -3.46. The van der Waals surface area contributed by atoms with Crippen LogP contribution in [0.1, 0.15) is 43.9 Å². The van der Waals surface area contributed by atoms with E-state index in [9.17, 15) is 18.0 Å². The number of H-pyrrole nitrogens is 1. The molecule has 0 saturated carbocycles. The minimum absolute atomic E-state index is 0.00970. The van der Waals surface area contributed by atoms with Crippen molar-refractivity contribution in [2.75, 3.05) is 32.7 Å². The van der Waals surface area contributed by atoms with Crippen molar-refractivity contribution >= 4 is 21.8 Å². The number of rotatable bonds is 3. The van der Waals surface area contributed by atoms with Crippen LogP contribution in [0.15, 0.2) is 17.1 Å². The average Bonchev–Trinajstić information content (AvgIpc) is 3.28. The number of amides is 1. The van der Waals surface area contributed by atoms with Gasteiger partial charge in [0.05, 0.1) is 17.8 Å². The van der Waals surface area contributed by atoms with E-state index in [2.05, 4.69) is 17.0 Å². The molecule has 2 aromatic heterocycles. The van der Waals surface area contributed by atoms with E-state index < -0.39 is 10.2 Å². The zero-order valence-corrected chi connectivity index (χ0v) is 19.2. The SMILES string of the molecule is CC1CCN(S(=O)(=O)N2CCC(C(=O)N3CCc4nc5cc[nH]n5c(=O)c4C3)CC2)CC1. The molecule has 32 heavy (non-hydrogen) atoms. The van der Waals surface area contributed by atoms with Gasteiger partial charge in [-0.15, -0.1) is 0 Å². The van der Waals surface area contributed by atoms with Crippen LogP contribution in [0.25, 0.3) is 5.65 Å². The van der Waals surface area contributed by atoms with Crippen molar-refractivity contribution in [2.24, 2.45) is 11.8 Å². The second kappa shape index (κ2) is 8.27. The van der Waals surface area contributed by atoms with Gasteiger partial charge >= 0.3 is 0 Å². The minimum Gasteiger partial charge on any atom is -0.337 e. The summed E-state index contributed by atoms with van der Waals surface area (Å²) < 4.78 is 30.5. The quantitative estimate of drug-likeness (QED) is 0.718. The fraction of sp³-hybridized carbons (Fsp3) is 0.667. The van der Waals surface area contributed by atoms with Gasteiger partial charge in [0.1, 0.15) is 0 Å². The molecule has 2 saturated heterocycles. The summed E-state index contributed by atoms with van der Waals surface area (Å²) in [6.07, 6.45) is 5.04. The monoisotopic (exact) mass is 462 g/mol. The van der Waals surface area contributed by atoms with Gasteiger partial charge in [-0.3, -0.25) is 14.7 Å². The summed E-state index contributed by atoms with van der Waals surface area (Å²) in [6, 6.07) is 1.76. The third kappa shape index (κ3) is 3.75. The Hall–Kier alpha value is -2.24. The number of carbonyl (C=O) groups excluding carboxylic acids is 1. The van der Waals surface area contributed by atoms with Gasteiger partial charge in [0, 0.05) is 57.3 Å². The maximum absolute atomic E-state index is 13.2. The number of nitrogens with one attached hydrogen (secondary N) is 1. The van der Waals surface area contributed by atoms with Crippen LogP contribution in [-0.2, 0) is 28.0 Å². The fourth-order valence-electron chi connectivity index (χ4n) is 5.08. The third-order valence-corrected chi connectivity index (χ3v) is 9.24. The Morgan fingerprint density at radius 2 is 1.72 bits per heavy atom. The van der Waals surface area contributed by atoms with E-state index in [1.54, 1.807) is 21.5 Å². The summed E-state index contributed by atoms with van der Waals surface area (Å²) in [4.78, 5) is 32.3. The Kier molecular flexibility index (Phi) is 5.58. The highest BCUT2D eigenvalue weighted by molar-refractivity contribution is 7.86. The van der Waals surface area contributed by atoms with E-state index in [1.807, 2.05) is 0 Å². The smallest absolute Gasteiger partial charge is 0.281 e. The van der Waals surface area contributed by atoms with Crippen LogP contribution in [0.3, 0.4) is 0 Å². The van der Waals surface area contributed by atoms with Crippen LogP contribution in [0.4, 0.5) is 0 Å². The second-order valence-electron chi connectivity index (χ2n) is 9.27. The molecule has 0 bridgehead atoms. The van der Waals surface area contributed by atoms with Gasteiger partial charge in [0.2, 0.25) is 5.91 Å². The largest absolute Gasteiger partial charge is 0.337 e. The number of hydrogen-bond donors (Lipinski definition) is 1. The molecular formula is C21H30N6O4S. The van der Waals surface area contributed by atoms with Crippen LogP contribution in [0.2, 0.25) is 0 Å². The first-order valence-corrected chi connectivity index (χ1v) is 12.9. The van der Waals surface area contributed by atoms with E-state index in [0.717, 1.165) is 18.5 Å². The fourth-order valence-corrected chi connectivity index (χ4v) is 6.75. The van der Waals surface area contributed by atoms with Crippen molar-refractivity contribution < 1.29 is 13.2 Å². The van der Waals surface area contributed by atoms with Crippen molar-refractivity contribution in [3.63, 3.8) is 0 Å². The predicted octanol–water partition coefficient (Wildman–Crippen LogP) is 0.596. The summed E-state index contributed by atoms with van der Waals surface area (Å²) in [7, 11) is -3.46. The normalized spacial score (nSPS) is 22.3. The molecule has 1 N–H and O–H groups in total. The first kappa shape index (κ1) is 21.6. The zero-order valence-electron chi connectivity index (χ0n) is 18.4. The van der Waals surface area contributed by atoms with Gasteiger partial charge in [0.25, 0.3) is 15.8 Å². The van der Waals surface area contributed by atoms with Gasteiger partial charge in [-0.25, -0.2) is 9.50 Å². The standard InChI is InChI=1S/C21H30N6O4S/c1-15-3-10-25(11-4-15)32(30,31)26-12-5-16(6-13-26)20(28)24-9-7-18-17(14-24)21(29)27-19(23-18)2-8-22-27/h2,8,15-16,22H,3-7,9-14H2,1H3. The van der Waals surface area contributed by atoms with Crippen LogP contribution in [0.5, 0.6) is 0 Å². The van der Waals surface area contributed by atoms with Crippen molar-refractivity contribution in [2.45, 2.75) is 45.6 Å². The summed E-state index contributed by atoms with van der Waals surface area (Å²) >= 11 is 0. The third-order valence-electron chi connectivity index (χ3n) is 7.20. The molecule has 0 aliphatic carbocycles. The summed E-state index contributed by atoms with van der Waals surface area (Å²) in [6.45, 7) is 4.83. The lowest BCUT2D eigenvalue weighted by molar-refractivity contribution is -0.137. The Morgan fingerprint density at radius 3 is 2.41 bits per heavy atom. The summed E-state index contributed by atoms with van der Waals surface area (Å²) in [5.41, 5.74) is 1.74. The van der Waals surface area contributed by atoms with Crippen molar-refractivity contribution in [1.82, 2.24) is 28.1 Å². The molecule has 0 spiro atoms. The lowest BCUT2D eigenvalue weighted by Gasteiger charge is -2.38. The number of piperidine rings is 2. The molecular weight excluding hydrogens is 432 g/mol. The van der Waals surface area contributed by atoms with E-state index in [1.165, 1.54) is 8.82 Å². The molecule has 1 amide bonds. The molecule has 0 atom stereocenters. The number of aromatic nitrogens is 3. The number of nitrogens with zero attached hydrogens (tertiary/aromatic N) is 5. The van der Waals surface area contributed by atoms with Crippen LogP contribution >= 0.6 is 0 Å². The van der Waals surface area contributed by atoms with E-state index >= 15 is 0 Å². The molecule has 174 valence electrons. The molecule has 0 aromatic carbocycles. The molecule has 10 nitrogen and oxygen atoms in total. The van der Waals surface area contributed by atoms with Gasteiger partial charge < -0.3 is 4.90 Å². The summed E-state index contributed by atoms with van der Waals surface area (Å²) in [5.74, 6) is 0.362. The Bertz CT molecular complexity index is 1170. The van der Waals surface area contributed by atoms with Crippen molar-refractivity contribution in [3.8, 4) is 0 Å². The first-order chi connectivity index (χ1) is 15.3. The molecule has 3 aliphatic heterocycles. The maximum atomic E-state index is 13.2. The molecule has 5 rings (SSSR count). The zero-order chi connectivity index (χ0) is 22.5. The van der Waals surface area contributed by atoms with Crippen LogP contribution in [-0.4, -0.2) is 75.2 Å². The number of hydrogen-bond acceptors (Lipinski definition) is 5. The maximum Gasteiger partial charge on any atom is 0.281 e.